The molecule has 0 aliphatic heterocycles. The van der Waals surface area contributed by atoms with E-state index in [2.05, 4.69) is 5.32 Å². The zero-order chi connectivity index (χ0) is 12.1. The highest BCUT2D eigenvalue weighted by Gasteiger charge is 2.11. The number of rotatable bonds is 5. The minimum atomic E-state index is 0.135. The summed E-state index contributed by atoms with van der Waals surface area (Å²) in [6, 6.07) is 3.46. The molecule has 1 aromatic carbocycles. The second-order valence-electron chi connectivity index (χ2n) is 3.62. The van der Waals surface area contributed by atoms with Crippen LogP contribution in [0, 0.1) is 0 Å². The Morgan fingerprint density at radius 3 is 2.38 bits per heavy atom. The standard InChI is InChI=1S/C11H16Cl2N2O/c1-2-8(3-4-16)15-11-9(12)5-7(14)6-10(11)13/h5-6,8,15-16H,2-4,14H2,1H3. The minimum Gasteiger partial charge on any atom is -0.399 e. The molecule has 0 fully saturated rings. The Hall–Kier alpha value is -0.640. The SMILES string of the molecule is CCC(CCO)Nc1c(Cl)cc(N)cc1Cl. The summed E-state index contributed by atoms with van der Waals surface area (Å²) < 4.78 is 0. The van der Waals surface area contributed by atoms with Gasteiger partial charge in [0.25, 0.3) is 0 Å². The Balaban J connectivity index is 2.87. The van der Waals surface area contributed by atoms with Gasteiger partial charge in [0.1, 0.15) is 0 Å². The largest absolute Gasteiger partial charge is 0.399 e. The van der Waals surface area contributed by atoms with Crippen molar-refractivity contribution in [2.45, 2.75) is 25.8 Å². The highest BCUT2D eigenvalue weighted by atomic mass is 35.5. The summed E-state index contributed by atoms with van der Waals surface area (Å²) in [6.45, 7) is 2.17. The van der Waals surface area contributed by atoms with Crippen LogP contribution < -0.4 is 11.1 Å². The van der Waals surface area contributed by atoms with Crippen LogP contribution in [0.2, 0.25) is 10.0 Å². The molecular formula is C11H16Cl2N2O. The molecule has 3 nitrogen and oxygen atoms in total. The van der Waals surface area contributed by atoms with Gasteiger partial charge in [-0.2, -0.15) is 0 Å². The van der Waals surface area contributed by atoms with E-state index in [1.54, 1.807) is 12.1 Å². The molecule has 0 amide bonds. The third-order valence-corrected chi connectivity index (χ3v) is 2.98. The maximum Gasteiger partial charge on any atom is 0.0722 e. The van der Waals surface area contributed by atoms with Crippen LogP contribution in [0.25, 0.3) is 0 Å². The van der Waals surface area contributed by atoms with E-state index in [1.807, 2.05) is 6.92 Å². The Morgan fingerprint density at radius 1 is 1.38 bits per heavy atom. The van der Waals surface area contributed by atoms with Crippen LogP contribution in [0.15, 0.2) is 12.1 Å². The van der Waals surface area contributed by atoms with Gasteiger partial charge in [-0.05, 0) is 25.0 Å². The molecule has 1 rings (SSSR count). The molecule has 0 saturated heterocycles. The lowest BCUT2D eigenvalue weighted by molar-refractivity contribution is 0.278. The molecule has 1 unspecified atom stereocenters. The van der Waals surface area contributed by atoms with E-state index in [-0.39, 0.29) is 12.6 Å². The molecule has 0 saturated carbocycles. The van der Waals surface area contributed by atoms with Gasteiger partial charge in [0.2, 0.25) is 0 Å². The van der Waals surface area contributed by atoms with Crippen LogP contribution >= 0.6 is 23.2 Å². The van der Waals surface area contributed by atoms with Crippen molar-refractivity contribution >= 4 is 34.6 Å². The summed E-state index contributed by atoms with van der Waals surface area (Å²) in [6.07, 6.45) is 1.55. The van der Waals surface area contributed by atoms with Crippen molar-refractivity contribution in [3.05, 3.63) is 22.2 Å². The van der Waals surface area contributed by atoms with Crippen molar-refractivity contribution < 1.29 is 5.11 Å². The van der Waals surface area contributed by atoms with Crippen molar-refractivity contribution in [2.24, 2.45) is 0 Å². The molecule has 1 aromatic rings. The summed E-state index contributed by atoms with van der Waals surface area (Å²) in [7, 11) is 0. The minimum absolute atomic E-state index is 0.135. The van der Waals surface area contributed by atoms with Crippen LogP contribution in [0.5, 0.6) is 0 Å². The fourth-order valence-electron chi connectivity index (χ4n) is 1.47. The summed E-state index contributed by atoms with van der Waals surface area (Å²) >= 11 is 12.1. The Morgan fingerprint density at radius 2 is 1.94 bits per heavy atom. The molecule has 0 bridgehead atoms. The van der Waals surface area contributed by atoms with E-state index >= 15 is 0 Å². The zero-order valence-electron chi connectivity index (χ0n) is 9.13. The molecule has 16 heavy (non-hydrogen) atoms. The average Bonchev–Trinajstić information content (AvgIpc) is 2.21. The highest BCUT2D eigenvalue weighted by molar-refractivity contribution is 6.39. The van der Waals surface area contributed by atoms with Gasteiger partial charge >= 0.3 is 0 Å². The number of halogens is 2. The van der Waals surface area contributed by atoms with E-state index in [1.165, 1.54) is 0 Å². The topological polar surface area (TPSA) is 58.3 Å². The monoisotopic (exact) mass is 262 g/mol. The number of nitrogen functional groups attached to an aromatic ring is 1. The highest BCUT2D eigenvalue weighted by Crippen LogP contribution is 2.33. The van der Waals surface area contributed by atoms with Gasteiger partial charge in [-0.15, -0.1) is 0 Å². The number of anilines is 2. The molecule has 0 aromatic heterocycles. The first-order valence-electron chi connectivity index (χ1n) is 5.20. The fourth-order valence-corrected chi connectivity index (χ4v) is 2.08. The van der Waals surface area contributed by atoms with E-state index in [4.69, 9.17) is 34.0 Å². The summed E-state index contributed by atoms with van der Waals surface area (Å²) in [5.41, 5.74) is 6.83. The molecule has 1 atom stereocenters. The van der Waals surface area contributed by atoms with Crippen LogP contribution in [0.1, 0.15) is 19.8 Å². The normalized spacial score (nSPS) is 12.5. The Kier molecular flexibility index (Phi) is 5.19. The molecule has 0 spiro atoms. The van der Waals surface area contributed by atoms with Crippen molar-refractivity contribution in [1.82, 2.24) is 0 Å². The van der Waals surface area contributed by atoms with E-state index in [0.717, 1.165) is 6.42 Å². The van der Waals surface area contributed by atoms with Crippen molar-refractivity contribution in [1.29, 1.82) is 0 Å². The second kappa shape index (κ2) is 6.18. The van der Waals surface area contributed by atoms with Crippen LogP contribution in [0.3, 0.4) is 0 Å². The van der Waals surface area contributed by atoms with Crippen molar-refractivity contribution in [2.75, 3.05) is 17.7 Å². The number of aliphatic hydroxyl groups is 1. The lowest BCUT2D eigenvalue weighted by atomic mass is 10.1. The first-order valence-corrected chi connectivity index (χ1v) is 5.96. The molecule has 4 N–H and O–H groups in total. The van der Waals surface area contributed by atoms with Gasteiger partial charge in [0.15, 0.2) is 0 Å². The smallest absolute Gasteiger partial charge is 0.0722 e. The summed E-state index contributed by atoms with van der Waals surface area (Å²) in [5, 5.41) is 13.1. The molecule has 0 heterocycles. The molecule has 90 valence electrons. The Labute approximate surface area is 106 Å². The predicted molar refractivity (Wildman–Crippen MR) is 70.3 cm³/mol. The molecule has 5 heteroatoms. The van der Waals surface area contributed by atoms with Crippen molar-refractivity contribution in [3.8, 4) is 0 Å². The number of hydrogen-bond acceptors (Lipinski definition) is 3. The number of hydrogen-bond donors (Lipinski definition) is 3. The fraction of sp³-hybridized carbons (Fsp3) is 0.455. The van der Waals surface area contributed by atoms with Crippen LogP contribution in [0.4, 0.5) is 11.4 Å². The van der Waals surface area contributed by atoms with Gasteiger partial charge in [0, 0.05) is 18.3 Å². The summed E-state index contributed by atoms with van der Waals surface area (Å²) in [5.74, 6) is 0. The van der Waals surface area contributed by atoms with E-state index in [0.29, 0.717) is 27.8 Å². The molecule has 0 aliphatic rings. The van der Waals surface area contributed by atoms with Crippen LogP contribution in [-0.4, -0.2) is 17.8 Å². The van der Waals surface area contributed by atoms with E-state index in [9.17, 15) is 0 Å². The maximum absolute atomic E-state index is 8.90. The Bertz CT molecular complexity index is 335. The summed E-state index contributed by atoms with van der Waals surface area (Å²) in [4.78, 5) is 0. The van der Waals surface area contributed by atoms with Crippen molar-refractivity contribution in [3.63, 3.8) is 0 Å². The first-order chi connectivity index (χ1) is 7.58. The third-order valence-electron chi connectivity index (χ3n) is 2.38. The van der Waals surface area contributed by atoms with Gasteiger partial charge in [-0.1, -0.05) is 30.1 Å². The predicted octanol–water partition coefficient (Wildman–Crippen LogP) is 3.15. The number of nitrogens with two attached hydrogens (primary N) is 1. The van der Waals surface area contributed by atoms with Crippen LogP contribution in [-0.2, 0) is 0 Å². The quantitative estimate of drug-likeness (QED) is 0.715. The first kappa shape index (κ1) is 13.4. The zero-order valence-corrected chi connectivity index (χ0v) is 10.6. The van der Waals surface area contributed by atoms with Gasteiger partial charge in [0.05, 0.1) is 15.7 Å². The molecule has 0 aliphatic carbocycles. The number of benzene rings is 1. The lowest BCUT2D eigenvalue weighted by Gasteiger charge is -2.19. The van der Waals surface area contributed by atoms with Gasteiger partial charge in [-0.25, -0.2) is 0 Å². The van der Waals surface area contributed by atoms with Gasteiger partial charge in [-0.3, -0.25) is 0 Å². The molecular weight excluding hydrogens is 247 g/mol. The number of nitrogens with one attached hydrogen (secondary N) is 1. The molecule has 0 radical (unpaired) electrons. The van der Waals surface area contributed by atoms with E-state index < -0.39 is 0 Å². The lowest BCUT2D eigenvalue weighted by Crippen LogP contribution is -2.20. The average molecular weight is 263 g/mol. The second-order valence-corrected chi connectivity index (χ2v) is 4.44. The maximum atomic E-state index is 8.90. The third kappa shape index (κ3) is 3.44. The van der Waals surface area contributed by atoms with Gasteiger partial charge < -0.3 is 16.2 Å². The number of aliphatic hydroxyl groups excluding tert-OH is 1.